The molecule has 0 heterocycles. The minimum atomic E-state index is -1.13. The van der Waals surface area contributed by atoms with Crippen LogP contribution in [0.4, 0.5) is 4.79 Å². The highest BCUT2D eigenvalue weighted by molar-refractivity contribution is 5.97. The Balaban J connectivity index is 1.72. The molecule has 0 radical (unpaired) electrons. The van der Waals surface area contributed by atoms with Crippen LogP contribution in [0.5, 0.6) is 11.5 Å². The maximum absolute atomic E-state index is 11.9. The average molecular weight is 414 g/mol. The van der Waals surface area contributed by atoms with Crippen LogP contribution in [0.25, 0.3) is 0 Å². The van der Waals surface area contributed by atoms with E-state index >= 15 is 0 Å². The summed E-state index contributed by atoms with van der Waals surface area (Å²) in [7, 11) is 0. The largest absolute Gasteiger partial charge is 0.489 e. The van der Waals surface area contributed by atoms with Crippen molar-refractivity contribution in [2.24, 2.45) is 0 Å². The number of rotatable bonds is 9. The van der Waals surface area contributed by atoms with E-state index in [4.69, 9.17) is 14.2 Å². The number of carbonyl (C=O) groups excluding carboxylic acids is 3. The predicted octanol–water partition coefficient (Wildman–Crippen LogP) is 2.81. The molecule has 2 aromatic rings. The lowest BCUT2D eigenvalue weighted by atomic mass is 10.2. The predicted molar refractivity (Wildman–Crippen MR) is 110 cm³/mol. The van der Waals surface area contributed by atoms with Crippen LogP contribution in [0.15, 0.2) is 54.6 Å². The van der Waals surface area contributed by atoms with Crippen LogP contribution in [-0.2, 0) is 20.9 Å². The molecule has 0 aliphatic rings. The third-order valence-electron chi connectivity index (χ3n) is 3.76. The van der Waals surface area contributed by atoms with Crippen molar-refractivity contribution in [3.05, 3.63) is 60.2 Å². The van der Waals surface area contributed by atoms with E-state index in [9.17, 15) is 14.4 Å². The Labute approximate surface area is 175 Å². The Kier molecular flexibility index (Phi) is 8.68. The van der Waals surface area contributed by atoms with Gasteiger partial charge in [0.25, 0.3) is 5.91 Å². The van der Waals surface area contributed by atoms with E-state index in [1.165, 1.54) is 6.92 Å². The smallest absolute Gasteiger partial charge is 0.344 e. The maximum atomic E-state index is 11.9. The number of ether oxygens (including phenoxy) is 3. The van der Waals surface area contributed by atoms with Gasteiger partial charge in [0.05, 0.1) is 0 Å². The third kappa shape index (κ3) is 8.22. The average Bonchev–Trinajstić information content (AvgIpc) is 2.71. The molecule has 0 aromatic heterocycles. The van der Waals surface area contributed by atoms with E-state index in [0.29, 0.717) is 18.1 Å². The molecule has 8 heteroatoms. The summed E-state index contributed by atoms with van der Waals surface area (Å²) in [4.78, 5) is 35.2. The van der Waals surface area contributed by atoms with E-state index < -0.39 is 24.0 Å². The quantitative estimate of drug-likeness (QED) is 0.612. The van der Waals surface area contributed by atoms with Crippen molar-refractivity contribution in [3.63, 3.8) is 0 Å². The summed E-state index contributed by atoms with van der Waals surface area (Å²) < 4.78 is 16.0. The number of carbonyl (C=O) groups is 3. The molecule has 30 heavy (non-hydrogen) atoms. The second kappa shape index (κ2) is 11.5. The molecule has 0 saturated carbocycles. The first kappa shape index (κ1) is 22.7. The molecule has 0 fully saturated rings. The van der Waals surface area contributed by atoms with E-state index in [0.717, 1.165) is 5.56 Å². The van der Waals surface area contributed by atoms with Crippen LogP contribution in [-0.4, -0.2) is 36.7 Å². The van der Waals surface area contributed by atoms with Crippen LogP contribution in [0, 0.1) is 0 Å². The fourth-order valence-corrected chi connectivity index (χ4v) is 2.31. The van der Waals surface area contributed by atoms with Crippen molar-refractivity contribution in [2.75, 3.05) is 6.61 Å². The highest BCUT2D eigenvalue weighted by atomic mass is 16.6. The van der Waals surface area contributed by atoms with E-state index in [1.54, 1.807) is 38.1 Å². The number of nitrogens with one attached hydrogen (secondary N) is 2. The minimum Gasteiger partial charge on any atom is -0.489 e. The standard InChI is InChI=1S/C22H26N2O6/c1-15(2)23-22(27)24-21(26)16(3)30-20(25)14-29-19-11-9-18(10-12-19)28-13-17-7-5-4-6-8-17/h4-12,15-16H,13-14H2,1-3H3,(H2,23,24,26,27)/t16-/m0/s1. The molecule has 3 amide bonds. The van der Waals surface area contributed by atoms with Crippen molar-refractivity contribution in [3.8, 4) is 11.5 Å². The van der Waals surface area contributed by atoms with Gasteiger partial charge in [-0.3, -0.25) is 10.1 Å². The number of hydrogen-bond acceptors (Lipinski definition) is 6. The van der Waals surface area contributed by atoms with Crippen molar-refractivity contribution in [2.45, 2.75) is 39.5 Å². The molecule has 2 rings (SSSR count). The van der Waals surface area contributed by atoms with Crippen LogP contribution >= 0.6 is 0 Å². The van der Waals surface area contributed by atoms with Crippen molar-refractivity contribution < 1.29 is 28.6 Å². The summed E-state index contributed by atoms with van der Waals surface area (Å²) in [6.45, 7) is 4.96. The summed E-state index contributed by atoms with van der Waals surface area (Å²) >= 11 is 0. The van der Waals surface area contributed by atoms with E-state index in [1.807, 2.05) is 30.3 Å². The van der Waals surface area contributed by atoms with Gasteiger partial charge in [-0.1, -0.05) is 30.3 Å². The molecule has 0 unspecified atom stereocenters. The lowest BCUT2D eigenvalue weighted by Crippen LogP contribution is -2.46. The monoisotopic (exact) mass is 414 g/mol. The van der Waals surface area contributed by atoms with E-state index in [2.05, 4.69) is 10.6 Å². The first-order valence-corrected chi connectivity index (χ1v) is 9.54. The molecule has 0 saturated heterocycles. The van der Waals surface area contributed by atoms with Crippen molar-refractivity contribution in [1.82, 2.24) is 10.6 Å². The van der Waals surface area contributed by atoms with Gasteiger partial charge in [-0.2, -0.15) is 0 Å². The maximum Gasteiger partial charge on any atom is 0.344 e. The lowest BCUT2D eigenvalue weighted by Gasteiger charge is -2.14. The topological polar surface area (TPSA) is 103 Å². The van der Waals surface area contributed by atoms with Gasteiger partial charge >= 0.3 is 12.0 Å². The van der Waals surface area contributed by atoms with Crippen LogP contribution in [0.2, 0.25) is 0 Å². The van der Waals surface area contributed by atoms with Gasteiger partial charge in [0.1, 0.15) is 18.1 Å². The van der Waals surface area contributed by atoms with E-state index in [-0.39, 0.29) is 12.6 Å². The van der Waals surface area contributed by atoms with Crippen molar-refractivity contribution >= 4 is 17.9 Å². The number of urea groups is 1. The molecule has 1 atom stereocenters. The molecule has 0 aliphatic heterocycles. The number of amides is 3. The SMILES string of the molecule is CC(C)NC(=O)NC(=O)[C@H](C)OC(=O)COc1ccc(OCc2ccccc2)cc1. The Bertz CT molecular complexity index is 836. The first-order chi connectivity index (χ1) is 14.3. The molecular weight excluding hydrogens is 388 g/mol. The van der Waals surface area contributed by atoms with Crippen LogP contribution in [0.1, 0.15) is 26.3 Å². The Morgan fingerprint density at radius 3 is 2.07 bits per heavy atom. The van der Waals surface area contributed by atoms with Crippen LogP contribution in [0.3, 0.4) is 0 Å². The molecular formula is C22H26N2O6. The molecule has 0 bridgehead atoms. The summed E-state index contributed by atoms with van der Waals surface area (Å²) in [6, 6.07) is 15.8. The fraction of sp³-hybridized carbons (Fsp3) is 0.318. The molecule has 2 aromatic carbocycles. The van der Waals surface area contributed by atoms with Crippen LogP contribution < -0.4 is 20.1 Å². The molecule has 160 valence electrons. The van der Waals surface area contributed by atoms with Gasteiger partial charge in [-0.15, -0.1) is 0 Å². The summed E-state index contributed by atoms with van der Waals surface area (Å²) in [5, 5.41) is 4.60. The highest BCUT2D eigenvalue weighted by Crippen LogP contribution is 2.18. The van der Waals surface area contributed by atoms with Crippen molar-refractivity contribution in [1.29, 1.82) is 0 Å². The zero-order valence-electron chi connectivity index (χ0n) is 17.2. The van der Waals surface area contributed by atoms with Gasteiger partial charge in [-0.05, 0) is 50.6 Å². The molecule has 8 nitrogen and oxygen atoms in total. The lowest BCUT2D eigenvalue weighted by molar-refractivity contribution is -0.156. The Hall–Kier alpha value is -3.55. The number of hydrogen-bond donors (Lipinski definition) is 2. The molecule has 2 N–H and O–H groups in total. The summed E-state index contributed by atoms with van der Waals surface area (Å²) in [5.74, 6) is -0.334. The molecule has 0 spiro atoms. The normalized spacial score (nSPS) is 11.3. The Morgan fingerprint density at radius 1 is 0.867 bits per heavy atom. The zero-order valence-corrected chi connectivity index (χ0v) is 17.2. The first-order valence-electron chi connectivity index (χ1n) is 9.54. The minimum absolute atomic E-state index is 0.126. The number of esters is 1. The van der Waals surface area contributed by atoms with Gasteiger partial charge < -0.3 is 19.5 Å². The van der Waals surface area contributed by atoms with Gasteiger partial charge in [0.15, 0.2) is 12.7 Å². The Morgan fingerprint density at radius 2 is 1.47 bits per heavy atom. The summed E-state index contributed by atoms with van der Waals surface area (Å²) in [5.41, 5.74) is 1.06. The van der Waals surface area contributed by atoms with Gasteiger partial charge in [0.2, 0.25) is 0 Å². The number of benzene rings is 2. The second-order valence-electron chi connectivity index (χ2n) is 6.78. The second-order valence-corrected chi connectivity index (χ2v) is 6.78. The van der Waals surface area contributed by atoms with Gasteiger partial charge in [0, 0.05) is 6.04 Å². The highest BCUT2D eigenvalue weighted by Gasteiger charge is 2.20. The zero-order chi connectivity index (χ0) is 21.9. The summed E-state index contributed by atoms with van der Waals surface area (Å²) in [6.07, 6.45) is -1.13. The third-order valence-corrected chi connectivity index (χ3v) is 3.76. The number of imide groups is 1. The molecule has 0 aliphatic carbocycles. The van der Waals surface area contributed by atoms with Gasteiger partial charge in [-0.25, -0.2) is 9.59 Å². The fourth-order valence-electron chi connectivity index (χ4n) is 2.31.